The van der Waals surface area contributed by atoms with Gasteiger partial charge in [0.2, 0.25) is 0 Å². The summed E-state index contributed by atoms with van der Waals surface area (Å²) in [6, 6.07) is 14.1. The fraction of sp³-hybridized carbons (Fsp3) is 0.348. The molecule has 2 fully saturated rings. The van der Waals surface area contributed by atoms with Crippen molar-refractivity contribution in [1.82, 2.24) is 4.90 Å². The normalized spacial score (nSPS) is 25.7. The first kappa shape index (κ1) is 22.3. The molecule has 30 heavy (non-hydrogen) atoms. The Labute approximate surface area is 209 Å². The van der Waals surface area contributed by atoms with E-state index in [0.717, 1.165) is 32.1 Å². The molecule has 2 N–H and O–H groups in total. The molecule has 7 heteroatoms. The van der Waals surface area contributed by atoms with Crippen LogP contribution < -0.4 is 5.32 Å². The summed E-state index contributed by atoms with van der Waals surface area (Å²) in [4.78, 5) is 16.3. The van der Waals surface area contributed by atoms with Crippen LogP contribution >= 0.6 is 56.9 Å². The van der Waals surface area contributed by atoms with Crippen LogP contribution in [-0.2, 0) is 4.79 Å². The lowest BCUT2D eigenvalue weighted by atomic mass is 9.85. The fourth-order valence-electron chi connectivity index (χ4n) is 4.20. The molecule has 2 aliphatic rings. The van der Waals surface area contributed by atoms with Crippen LogP contribution in [0.15, 0.2) is 47.4 Å². The Morgan fingerprint density at radius 2 is 1.90 bits per heavy atom. The van der Waals surface area contributed by atoms with Crippen molar-refractivity contribution in [2.75, 3.05) is 5.32 Å². The molecule has 1 aliphatic heterocycles. The summed E-state index contributed by atoms with van der Waals surface area (Å²) in [5.74, 6) is 0.768. The molecule has 0 aromatic heterocycles. The average molecular weight is 646 g/mol. The van der Waals surface area contributed by atoms with E-state index >= 15 is 0 Å². The maximum Gasteiger partial charge on any atom is 0.262 e. The number of carbonyl (C=O) groups is 1. The van der Waals surface area contributed by atoms with Gasteiger partial charge in [0.1, 0.15) is 5.75 Å². The molecule has 4 rings (SSSR count). The third-order valence-electron chi connectivity index (χ3n) is 5.77. The Bertz CT molecular complexity index is 967. The number of phenolic OH excluding ortho intramolecular Hbond substituents is 1. The molecule has 0 bridgehead atoms. The summed E-state index contributed by atoms with van der Waals surface area (Å²) in [6.07, 6.45) is 6.45. The Balaban J connectivity index is 1.69. The van der Waals surface area contributed by atoms with Gasteiger partial charge >= 0.3 is 0 Å². The topological polar surface area (TPSA) is 52.6 Å². The molecular formula is C23H24I2N2O2S. The molecule has 1 saturated heterocycles. The van der Waals surface area contributed by atoms with Crippen molar-refractivity contribution < 1.29 is 9.90 Å². The number of amides is 1. The monoisotopic (exact) mass is 646 g/mol. The smallest absolute Gasteiger partial charge is 0.262 e. The van der Waals surface area contributed by atoms with E-state index in [0.29, 0.717) is 16.4 Å². The van der Waals surface area contributed by atoms with Crippen LogP contribution in [0, 0.1) is 13.1 Å². The van der Waals surface area contributed by atoms with E-state index in [4.69, 9.17) is 0 Å². The molecule has 1 unspecified atom stereocenters. The van der Waals surface area contributed by atoms with E-state index in [1.54, 1.807) is 11.8 Å². The molecule has 158 valence electrons. The molecular weight excluding hydrogens is 622 g/mol. The first-order valence-corrected chi connectivity index (χ1v) is 13.2. The van der Waals surface area contributed by atoms with Crippen LogP contribution in [-0.4, -0.2) is 27.5 Å². The van der Waals surface area contributed by atoms with E-state index in [2.05, 4.69) is 57.4 Å². The highest BCUT2D eigenvalue weighted by Gasteiger charge is 2.43. The lowest BCUT2D eigenvalue weighted by Crippen LogP contribution is -2.48. The predicted molar refractivity (Wildman–Crippen MR) is 141 cm³/mol. The van der Waals surface area contributed by atoms with Gasteiger partial charge in [-0.1, -0.05) is 49.7 Å². The molecule has 1 saturated carbocycles. The highest BCUT2D eigenvalue weighted by molar-refractivity contribution is 14.1. The lowest BCUT2D eigenvalue weighted by Gasteiger charge is -2.39. The van der Waals surface area contributed by atoms with Crippen molar-refractivity contribution in [3.8, 4) is 5.75 Å². The van der Waals surface area contributed by atoms with Crippen LogP contribution in [0.4, 0.5) is 5.69 Å². The van der Waals surface area contributed by atoms with E-state index in [1.807, 2.05) is 53.4 Å². The van der Waals surface area contributed by atoms with Crippen molar-refractivity contribution in [3.63, 3.8) is 0 Å². The second-order valence-electron chi connectivity index (χ2n) is 7.86. The van der Waals surface area contributed by atoms with Gasteiger partial charge in [0.15, 0.2) is 5.50 Å². The predicted octanol–water partition coefficient (Wildman–Crippen LogP) is 6.49. The molecule has 1 aliphatic carbocycles. The van der Waals surface area contributed by atoms with Gasteiger partial charge in [0.05, 0.1) is 8.48 Å². The number of halogens is 2. The van der Waals surface area contributed by atoms with Gasteiger partial charge in [-0.3, -0.25) is 4.79 Å². The van der Waals surface area contributed by atoms with Gasteiger partial charge in [-0.05, 0) is 94.3 Å². The molecule has 2 aromatic rings. The number of rotatable bonds is 4. The number of hydrogen-bond acceptors (Lipinski definition) is 4. The standard InChI is InChI=1S/C23H24I2N2O2S/c1-14-7-5-6-10-19(14)27-22(29)20(12-15-11-16(24)13-18(25)21(15)28)30-23(27)26-17-8-3-2-4-9-17/h2-4,8-9,11-14,19,23,26,28H,5-7,10H2,1H3/b20-12-/t14-,19+,23?/m0/s1. The van der Waals surface area contributed by atoms with Crippen molar-refractivity contribution in [2.45, 2.75) is 44.1 Å². The second kappa shape index (κ2) is 9.68. The average Bonchev–Trinajstić information content (AvgIpc) is 3.02. The van der Waals surface area contributed by atoms with Crippen molar-refractivity contribution >= 4 is 74.6 Å². The molecule has 2 aromatic carbocycles. The van der Waals surface area contributed by atoms with Gasteiger partial charge in [-0.15, -0.1) is 0 Å². The molecule has 3 atom stereocenters. The fourth-order valence-corrected chi connectivity index (χ4v) is 7.30. The number of nitrogens with one attached hydrogen (secondary N) is 1. The van der Waals surface area contributed by atoms with Crippen LogP contribution in [0.2, 0.25) is 0 Å². The quantitative estimate of drug-likeness (QED) is 0.295. The van der Waals surface area contributed by atoms with Crippen LogP contribution in [0.25, 0.3) is 6.08 Å². The minimum Gasteiger partial charge on any atom is -0.506 e. The Morgan fingerprint density at radius 1 is 1.17 bits per heavy atom. The largest absolute Gasteiger partial charge is 0.506 e. The highest BCUT2D eigenvalue weighted by Crippen LogP contribution is 2.43. The zero-order valence-electron chi connectivity index (χ0n) is 16.6. The number of carbonyl (C=O) groups excluding carboxylic acids is 1. The summed E-state index contributed by atoms with van der Waals surface area (Å²) in [5.41, 5.74) is 1.55. The van der Waals surface area contributed by atoms with E-state index in [9.17, 15) is 9.90 Å². The number of thioether (sulfide) groups is 1. The van der Waals surface area contributed by atoms with Crippen molar-refractivity contribution in [1.29, 1.82) is 0 Å². The van der Waals surface area contributed by atoms with E-state index in [1.165, 1.54) is 6.42 Å². The molecule has 0 radical (unpaired) electrons. The number of aromatic hydroxyl groups is 1. The Kier molecular flexibility index (Phi) is 7.19. The SMILES string of the molecule is C[C@H]1CCCC[C@H]1N1C(=O)/C(=C/c2cc(I)cc(I)c2O)SC1Nc1ccccc1. The van der Waals surface area contributed by atoms with E-state index < -0.39 is 0 Å². The second-order valence-corrected chi connectivity index (χ2v) is 11.4. The van der Waals surface area contributed by atoms with Gasteiger partial charge in [-0.25, -0.2) is 0 Å². The summed E-state index contributed by atoms with van der Waals surface area (Å²) >= 11 is 5.91. The molecule has 4 nitrogen and oxygen atoms in total. The number of nitrogens with zero attached hydrogens (tertiary/aromatic N) is 1. The number of hydrogen-bond donors (Lipinski definition) is 2. The number of benzene rings is 2. The summed E-state index contributed by atoms with van der Waals surface area (Å²) in [5, 5.41) is 14.1. The number of phenols is 1. The highest BCUT2D eigenvalue weighted by atomic mass is 127. The number of anilines is 1. The molecule has 1 amide bonds. The third kappa shape index (κ3) is 4.77. The van der Waals surface area contributed by atoms with Crippen molar-refractivity contribution in [2.24, 2.45) is 5.92 Å². The van der Waals surface area contributed by atoms with Crippen molar-refractivity contribution in [3.05, 3.63) is 60.1 Å². The third-order valence-corrected chi connectivity index (χ3v) is 8.33. The first-order valence-electron chi connectivity index (χ1n) is 10.1. The molecule has 1 heterocycles. The minimum atomic E-state index is -0.152. The number of para-hydroxylation sites is 1. The zero-order valence-corrected chi connectivity index (χ0v) is 21.8. The lowest BCUT2D eigenvalue weighted by molar-refractivity contribution is -0.129. The van der Waals surface area contributed by atoms with Gasteiger partial charge in [-0.2, -0.15) is 0 Å². The van der Waals surface area contributed by atoms with Crippen LogP contribution in [0.3, 0.4) is 0 Å². The van der Waals surface area contributed by atoms with Crippen LogP contribution in [0.5, 0.6) is 5.75 Å². The van der Waals surface area contributed by atoms with E-state index in [-0.39, 0.29) is 23.2 Å². The van der Waals surface area contributed by atoms with Gasteiger partial charge < -0.3 is 15.3 Å². The first-order chi connectivity index (χ1) is 14.4. The van der Waals surface area contributed by atoms with Crippen LogP contribution in [0.1, 0.15) is 38.2 Å². The summed E-state index contributed by atoms with van der Waals surface area (Å²) in [6.45, 7) is 2.26. The maximum absolute atomic E-state index is 13.5. The molecule has 0 spiro atoms. The Morgan fingerprint density at radius 3 is 2.63 bits per heavy atom. The maximum atomic E-state index is 13.5. The van der Waals surface area contributed by atoms with Gasteiger partial charge in [0.25, 0.3) is 5.91 Å². The summed E-state index contributed by atoms with van der Waals surface area (Å²) in [7, 11) is 0. The minimum absolute atomic E-state index is 0.0560. The van der Waals surface area contributed by atoms with Gasteiger partial charge in [0, 0.05) is 20.9 Å². The Hall–Kier alpha value is -0.940. The zero-order chi connectivity index (χ0) is 21.3. The summed E-state index contributed by atoms with van der Waals surface area (Å²) < 4.78 is 1.83.